The summed E-state index contributed by atoms with van der Waals surface area (Å²) >= 11 is 3.57. The molecule has 1 rings (SSSR count). The first-order valence-corrected chi connectivity index (χ1v) is 6.69. The molecule has 14 heavy (non-hydrogen) atoms. The molecule has 0 spiro atoms. The highest BCUT2D eigenvalue weighted by Gasteiger charge is 2.28. The Kier molecular flexibility index (Phi) is 5.42. The fourth-order valence-corrected chi connectivity index (χ4v) is 2.79. The van der Waals surface area contributed by atoms with Crippen LogP contribution in [-0.2, 0) is 4.74 Å². The van der Waals surface area contributed by atoms with Gasteiger partial charge in [-0.25, -0.2) is 0 Å². The third-order valence-corrected chi connectivity index (χ3v) is 4.16. The van der Waals surface area contributed by atoms with E-state index < -0.39 is 0 Å². The smallest absolute Gasteiger partial charge is 0.0702 e. The van der Waals surface area contributed by atoms with Crippen molar-refractivity contribution >= 4 is 15.9 Å². The van der Waals surface area contributed by atoms with Gasteiger partial charge in [-0.1, -0.05) is 29.3 Å². The lowest BCUT2D eigenvalue weighted by Gasteiger charge is -2.29. The van der Waals surface area contributed by atoms with Crippen molar-refractivity contribution in [2.45, 2.75) is 38.8 Å². The molecule has 1 aliphatic rings. The van der Waals surface area contributed by atoms with Crippen LogP contribution in [0, 0.1) is 5.92 Å². The van der Waals surface area contributed by atoms with Gasteiger partial charge in [0.2, 0.25) is 0 Å². The molecule has 0 aromatic carbocycles. The molecule has 1 fully saturated rings. The maximum Gasteiger partial charge on any atom is 0.0702 e. The predicted octanol–water partition coefficient (Wildman–Crippen LogP) is 2.52. The number of ether oxygens (including phenoxy) is 1. The normalized spacial score (nSPS) is 29.8. The van der Waals surface area contributed by atoms with Crippen LogP contribution >= 0.6 is 15.9 Å². The van der Waals surface area contributed by atoms with Gasteiger partial charge in [0.05, 0.1) is 6.10 Å². The number of rotatable bonds is 5. The minimum atomic E-state index is 0.410. The molecule has 1 heterocycles. The maximum atomic E-state index is 5.58. The Morgan fingerprint density at radius 2 is 2.29 bits per heavy atom. The zero-order valence-electron chi connectivity index (χ0n) is 9.50. The first kappa shape index (κ1) is 12.5. The van der Waals surface area contributed by atoms with Crippen molar-refractivity contribution in [3.8, 4) is 0 Å². The van der Waals surface area contributed by atoms with Crippen LogP contribution in [0.1, 0.15) is 26.7 Å². The molecule has 0 N–H and O–H groups in total. The van der Waals surface area contributed by atoms with Gasteiger partial charge < -0.3 is 9.64 Å². The van der Waals surface area contributed by atoms with E-state index in [1.807, 2.05) is 0 Å². The molecule has 3 unspecified atom stereocenters. The number of likely N-dealkylation sites (N-methyl/N-ethyl adjacent to an activating group) is 1. The molecule has 3 atom stereocenters. The van der Waals surface area contributed by atoms with E-state index in [0.29, 0.717) is 12.1 Å². The summed E-state index contributed by atoms with van der Waals surface area (Å²) in [6.45, 7) is 6.55. The molecule has 0 aromatic rings. The summed E-state index contributed by atoms with van der Waals surface area (Å²) in [4.78, 5) is 2.47. The first-order chi connectivity index (χ1) is 6.69. The quantitative estimate of drug-likeness (QED) is 0.707. The van der Waals surface area contributed by atoms with Gasteiger partial charge in [-0.15, -0.1) is 0 Å². The number of alkyl halides is 1. The van der Waals surface area contributed by atoms with E-state index in [9.17, 15) is 0 Å². The van der Waals surface area contributed by atoms with Gasteiger partial charge in [-0.05, 0) is 26.3 Å². The van der Waals surface area contributed by atoms with Crippen LogP contribution in [0.4, 0.5) is 0 Å². The Labute approximate surface area is 96.1 Å². The Hall–Kier alpha value is 0.400. The van der Waals surface area contributed by atoms with Gasteiger partial charge in [0.15, 0.2) is 0 Å². The molecule has 0 bridgehead atoms. The number of hydrogen-bond acceptors (Lipinski definition) is 2. The Morgan fingerprint density at radius 3 is 2.71 bits per heavy atom. The fraction of sp³-hybridized carbons (Fsp3) is 1.00. The minimum absolute atomic E-state index is 0.410. The van der Waals surface area contributed by atoms with Crippen molar-refractivity contribution < 1.29 is 4.74 Å². The van der Waals surface area contributed by atoms with Gasteiger partial charge in [-0.3, -0.25) is 0 Å². The van der Waals surface area contributed by atoms with Gasteiger partial charge in [0.1, 0.15) is 0 Å². The van der Waals surface area contributed by atoms with Gasteiger partial charge in [0, 0.05) is 24.5 Å². The fourth-order valence-electron chi connectivity index (χ4n) is 2.13. The van der Waals surface area contributed by atoms with Gasteiger partial charge in [0.25, 0.3) is 0 Å². The second-order valence-corrected chi connectivity index (χ2v) is 4.95. The summed E-state index contributed by atoms with van der Waals surface area (Å²) in [5.41, 5.74) is 0. The predicted molar refractivity (Wildman–Crippen MR) is 64.0 cm³/mol. The maximum absolute atomic E-state index is 5.58. The SMILES string of the molecule is CCC(CBr)CN(C)C1CCOC1C. The topological polar surface area (TPSA) is 12.5 Å². The lowest BCUT2D eigenvalue weighted by atomic mass is 10.1. The summed E-state index contributed by atoms with van der Waals surface area (Å²) in [6, 6.07) is 0.628. The molecule has 0 aliphatic carbocycles. The van der Waals surface area contributed by atoms with Crippen LogP contribution in [-0.4, -0.2) is 42.6 Å². The minimum Gasteiger partial charge on any atom is -0.377 e. The van der Waals surface area contributed by atoms with Crippen molar-refractivity contribution in [1.29, 1.82) is 0 Å². The molecule has 1 saturated heterocycles. The average Bonchev–Trinajstić information content (AvgIpc) is 2.60. The van der Waals surface area contributed by atoms with Crippen molar-refractivity contribution in [1.82, 2.24) is 4.90 Å². The van der Waals surface area contributed by atoms with Crippen molar-refractivity contribution in [2.75, 3.05) is 25.5 Å². The largest absolute Gasteiger partial charge is 0.377 e. The Morgan fingerprint density at radius 1 is 1.57 bits per heavy atom. The van der Waals surface area contributed by atoms with Crippen molar-refractivity contribution in [2.24, 2.45) is 5.92 Å². The second kappa shape index (κ2) is 6.09. The lowest BCUT2D eigenvalue weighted by molar-refractivity contribution is 0.0792. The number of halogens is 1. The van der Waals surface area contributed by atoms with E-state index >= 15 is 0 Å². The van der Waals surface area contributed by atoms with Crippen LogP contribution in [0.5, 0.6) is 0 Å². The highest BCUT2D eigenvalue weighted by molar-refractivity contribution is 9.09. The molecule has 3 heteroatoms. The number of nitrogens with zero attached hydrogens (tertiary/aromatic N) is 1. The molecule has 1 aliphatic heterocycles. The van der Waals surface area contributed by atoms with E-state index in [1.54, 1.807) is 0 Å². The summed E-state index contributed by atoms with van der Waals surface area (Å²) in [6.07, 6.45) is 2.85. The summed E-state index contributed by atoms with van der Waals surface area (Å²) in [5.74, 6) is 0.771. The van der Waals surface area contributed by atoms with E-state index in [0.717, 1.165) is 17.9 Å². The third kappa shape index (κ3) is 3.21. The van der Waals surface area contributed by atoms with E-state index in [2.05, 4.69) is 41.7 Å². The zero-order chi connectivity index (χ0) is 10.6. The molecule has 0 radical (unpaired) electrons. The Bertz CT molecular complexity index is 161. The van der Waals surface area contributed by atoms with Crippen LogP contribution in [0.2, 0.25) is 0 Å². The van der Waals surface area contributed by atoms with Crippen LogP contribution in [0.25, 0.3) is 0 Å². The van der Waals surface area contributed by atoms with Crippen molar-refractivity contribution in [3.05, 3.63) is 0 Å². The lowest BCUT2D eigenvalue weighted by Crippen LogP contribution is -2.39. The molecular formula is C11H22BrNO. The van der Waals surface area contributed by atoms with E-state index in [-0.39, 0.29) is 0 Å². The van der Waals surface area contributed by atoms with E-state index in [1.165, 1.54) is 19.4 Å². The van der Waals surface area contributed by atoms with Gasteiger partial charge >= 0.3 is 0 Å². The van der Waals surface area contributed by atoms with Crippen LogP contribution in [0.15, 0.2) is 0 Å². The molecule has 84 valence electrons. The van der Waals surface area contributed by atoms with E-state index in [4.69, 9.17) is 4.74 Å². The summed E-state index contributed by atoms with van der Waals surface area (Å²) < 4.78 is 5.58. The molecule has 0 saturated carbocycles. The summed E-state index contributed by atoms with van der Waals surface area (Å²) in [7, 11) is 2.22. The highest BCUT2D eigenvalue weighted by Crippen LogP contribution is 2.20. The van der Waals surface area contributed by atoms with Crippen LogP contribution in [0.3, 0.4) is 0 Å². The van der Waals surface area contributed by atoms with Crippen LogP contribution < -0.4 is 0 Å². The first-order valence-electron chi connectivity index (χ1n) is 5.56. The monoisotopic (exact) mass is 263 g/mol. The molecular weight excluding hydrogens is 242 g/mol. The van der Waals surface area contributed by atoms with Crippen molar-refractivity contribution in [3.63, 3.8) is 0 Å². The summed E-state index contributed by atoms with van der Waals surface area (Å²) in [5, 5.41) is 1.11. The Balaban J connectivity index is 2.36. The van der Waals surface area contributed by atoms with Gasteiger partial charge in [-0.2, -0.15) is 0 Å². The average molecular weight is 264 g/mol. The second-order valence-electron chi connectivity index (χ2n) is 4.30. The molecule has 0 amide bonds. The number of hydrogen-bond donors (Lipinski definition) is 0. The molecule has 2 nitrogen and oxygen atoms in total. The third-order valence-electron chi connectivity index (χ3n) is 3.24. The molecule has 0 aromatic heterocycles. The standard InChI is InChI=1S/C11H22BrNO/c1-4-10(7-12)8-13(3)11-5-6-14-9(11)2/h9-11H,4-8H2,1-3H3. The zero-order valence-corrected chi connectivity index (χ0v) is 11.1. The highest BCUT2D eigenvalue weighted by atomic mass is 79.9.